The number of carbonyl (C=O) groups is 1. The molecular weight excluding hydrogens is 198 g/mol. The van der Waals surface area contributed by atoms with Crippen molar-refractivity contribution in [2.45, 2.75) is 19.1 Å². The Bertz CT molecular complexity index is 367. The smallest absolute Gasteiger partial charge is 0.371 e. The average molecular weight is 211 g/mol. The molecule has 5 nitrogen and oxygen atoms in total. The fourth-order valence-corrected chi connectivity index (χ4v) is 1.68. The van der Waals surface area contributed by atoms with Crippen LogP contribution in [0.5, 0.6) is 0 Å². The van der Waals surface area contributed by atoms with E-state index >= 15 is 0 Å². The topological polar surface area (TPSA) is 73.9 Å². The molecule has 0 amide bonds. The number of furan rings is 1. The number of likely N-dealkylation sites (tertiary alicyclic amines) is 1. The number of aliphatic hydroxyl groups excluding tert-OH is 1. The molecule has 15 heavy (non-hydrogen) atoms. The van der Waals surface area contributed by atoms with Gasteiger partial charge in [-0.25, -0.2) is 4.79 Å². The Hall–Kier alpha value is -1.33. The van der Waals surface area contributed by atoms with Gasteiger partial charge in [-0.3, -0.25) is 4.90 Å². The second kappa shape index (κ2) is 3.67. The maximum Gasteiger partial charge on any atom is 0.371 e. The van der Waals surface area contributed by atoms with Gasteiger partial charge in [0.15, 0.2) is 0 Å². The van der Waals surface area contributed by atoms with Gasteiger partial charge < -0.3 is 14.6 Å². The second-order valence-corrected chi connectivity index (χ2v) is 3.79. The van der Waals surface area contributed by atoms with E-state index in [0.717, 1.165) is 0 Å². The Labute approximate surface area is 86.9 Å². The molecule has 0 radical (unpaired) electrons. The number of nitrogens with zero attached hydrogens (tertiary/aromatic N) is 1. The first-order valence-corrected chi connectivity index (χ1v) is 4.83. The Morgan fingerprint density at radius 3 is 2.73 bits per heavy atom. The Morgan fingerprint density at radius 2 is 2.27 bits per heavy atom. The molecule has 1 fully saturated rings. The van der Waals surface area contributed by atoms with E-state index in [0.29, 0.717) is 18.8 Å². The number of aliphatic hydroxyl groups is 1. The number of hydrogen-bond acceptors (Lipinski definition) is 4. The van der Waals surface area contributed by atoms with Crippen LogP contribution in [0, 0.1) is 0 Å². The third-order valence-corrected chi connectivity index (χ3v) is 2.69. The summed E-state index contributed by atoms with van der Waals surface area (Å²) in [5.41, 5.74) is 0. The zero-order valence-electron chi connectivity index (χ0n) is 8.38. The number of rotatable bonds is 3. The molecule has 0 aromatic carbocycles. The van der Waals surface area contributed by atoms with E-state index in [1.165, 1.54) is 6.07 Å². The van der Waals surface area contributed by atoms with Crippen molar-refractivity contribution in [2.24, 2.45) is 0 Å². The largest absolute Gasteiger partial charge is 0.475 e. The molecule has 2 rings (SSSR count). The molecule has 1 aliphatic heterocycles. The van der Waals surface area contributed by atoms with Crippen LogP contribution in [0.25, 0.3) is 0 Å². The first-order chi connectivity index (χ1) is 7.08. The Balaban J connectivity index is 2.05. The van der Waals surface area contributed by atoms with Crippen molar-refractivity contribution in [3.05, 3.63) is 23.7 Å². The number of carboxylic acids is 1. The van der Waals surface area contributed by atoms with Gasteiger partial charge >= 0.3 is 5.97 Å². The van der Waals surface area contributed by atoms with Crippen LogP contribution in [0.2, 0.25) is 0 Å². The molecule has 0 spiro atoms. The number of β-amino-alcohol motifs (C(OH)–C–C–N with tert-alkyl or cyclic N) is 1. The van der Waals surface area contributed by atoms with Gasteiger partial charge in [0.2, 0.25) is 5.76 Å². The summed E-state index contributed by atoms with van der Waals surface area (Å²) in [5.74, 6) is -0.477. The van der Waals surface area contributed by atoms with Crippen molar-refractivity contribution in [1.29, 1.82) is 0 Å². The quantitative estimate of drug-likeness (QED) is 0.770. The number of aromatic carboxylic acids is 1. The molecule has 1 saturated heterocycles. The first kappa shape index (κ1) is 10.2. The summed E-state index contributed by atoms with van der Waals surface area (Å²) in [4.78, 5) is 12.6. The van der Waals surface area contributed by atoms with Crippen molar-refractivity contribution in [3.8, 4) is 0 Å². The second-order valence-electron chi connectivity index (χ2n) is 3.79. The minimum Gasteiger partial charge on any atom is -0.475 e. The van der Waals surface area contributed by atoms with Gasteiger partial charge in [0.1, 0.15) is 5.76 Å². The predicted octanol–water partition coefficient (Wildman–Crippen LogP) is 0.715. The van der Waals surface area contributed by atoms with Crippen LogP contribution in [0.3, 0.4) is 0 Å². The van der Waals surface area contributed by atoms with Crippen LogP contribution in [0.4, 0.5) is 0 Å². The summed E-state index contributed by atoms with van der Waals surface area (Å²) in [6, 6.07) is 3.13. The molecule has 82 valence electrons. The third kappa shape index (κ3) is 1.88. The molecular formula is C10H13NO4. The third-order valence-electron chi connectivity index (χ3n) is 2.69. The molecule has 0 aliphatic carbocycles. The SMILES string of the molecule is CC(c1ccc(C(=O)O)o1)N1CC(O)C1. The van der Waals surface area contributed by atoms with E-state index in [1.807, 2.05) is 11.8 Å². The number of carboxylic acid groups (broad SMARTS) is 1. The number of hydrogen-bond donors (Lipinski definition) is 2. The molecule has 0 saturated carbocycles. The fourth-order valence-electron chi connectivity index (χ4n) is 1.68. The van der Waals surface area contributed by atoms with Crippen molar-refractivity contribution >= 4 is 5.97 Å². The van der Waals surface area contributed by atoms with Gasteiger partial charge in [0, 0.05) is 13.1 Å². The summed E-state index contributed by atoms with van der Waals surface area (Å²) in [5, 5.41) is 17.8. The van der Waals surface area contributed by atoms with E-state index in [2.05, 4.69) is 0 Å². The van der Waals surface area contributed by atoms with Crippen molar-refractivity contribution in [2.75, 3.05) is 13.1 Å². The van der Waals surface area contributed by atoms with Gasteiger partial charge in [-0.1, -0.05) is 0 Å². The fraction of sp³-hybridized carbons (Fsp3) is 0.500. The highest BCUT2D eigenvalue weighted by atomic mass is 16.4. The average Bonchev–Trinajstić information content (AvgIpc) is 2.60. The lowest BCUT2D eigenvalue weighted by molar-refractivity contribution is -0.0259. The van der Waals surface area contributed by atoms with Gasteiger partial charge in [-0.15, -0.1) is 0 Å². The Morgan fingerprint density at radius 1 is 1.60 bits per heavy atom. The molecule has 5 heteroatoms. The Kier molecular flexibility index (Phi) is 2.50. The molecule has 2 heterocycles. The minimum absolute atomic E-state index is 0.0153. The molecule has 1 aromatic rings. The van der Waals surface area contributed by atoms with E-state index in [9.17, 15) is 4.79 Å². The normalized spacial score (nSPS) is 19.9. The van der Waals surface area contributed by atoms with E-state index in [4.69, 9.17) is 14.6 Å². The van der Waals surface area contributed by atoms with E-state index < -0.39 is 5.97 Å². The lowest BCUT2D eigenvalue weighted by Crippen LogP contribution is -2.51. The molecule has 1 aromatic heterocycles. The van der Waals surface area contributed by atoms with E-state index in [1.54, 1.807) is 6.07 Å². The van der Waals surface area contributed by atoms with Gasteiger partial charge in [-0.2, -0.15) is 0 Å². The summed E-state index contributed by atoms with van der Waals surface area (Å²) < 4.78 is 5.18. The summed E-state index contributed by atoms with van der Waals surface area (Å²) >= 11 is 0. The zero-order valence-corrected chi connectivity index (χ0v) is 8.38. The summed E-state index contributed by atoms with van der Waals surface area (Å²) in [6.07, 6.45) is -0.263. The highest BCUT2D eigenvalue weighted by molar-refractivity contribution is 5.84. The van der Waals surface area contributed by atoms with Gasteiger partial charge in [0.05, 0.1) is 12.1 Å². The lowest BCUT2D eigenvalue weighted by atomic mass is 10.1. The van der Waals surface area contributed by atoms with E-state index in [-0.39, 0.29) is 17.9 Å². The van der Waals surface area contributed by atoms with Crippen LogP contribution in [-0.4, -0.2) is 40.3 Å². The molecule has 2 N–H and O–H groups in total. The molecule has 0 bridgehead atoms. The van der Waals surface area contributed by atoms with Crippen molar-refractivity contribution < 1.29 is 19.4 Å². The van der Waals surface area contributed by atoms with Crippen molar-refractivity contribution in [1.82, 2.24) is 4.90 Å². The highest BCUT2D eigenvalue weighted by Crippen LogP contribution is 2.26. The van der Waals surface area contributed by atoms with Crippen LogP contribution in [0.1, 0.15) is 29.3 Å². The lowest BCUT2D eigenvalue weighted by Gasteiger charge is -2.39. The molecule has 1 aliphatic rings. The maximum atomic E-state index is 10.6. The molecule has 1 atom stereocenters. The summed E-state index contributed by atoms with van der Waals surface area (Å²) in [6.45, 7) is 3.16. The van der Waals surface area contributed by atoms with Crippen LogP contribution >= 0.6 is 0 Å². The zero-order chi connectivity index (χ0) is 11.0. The van der Waals surface area contributed by atoms with Crippen molar-refractivity contribution in [3.63, 3.8) is 0 Å². The predicted molar refractivity (Wildman–Crippen MR) is 51.7 cm³/mol. The molecule has 1 unspecified atom stereocenters. The van der Waals surface area contributed by atoms with Gasteiger partial charge in [-0.05, 0) is 19.1 Å². The van der Waals surface area contributed by atoms with Crippen LogP contribution in [-0.2, 0) is 0 Å². The summed E-state index contributed by atoms with van der Waals surface area (Å²) in [7, 11) is 0. The minimum atomic E-state index is -1.06. The maximum absolute atomic E-state index is 10.6. The van der Waals surface area contributed by atoms with Crippen LogP contribution in [0.15, 0.2) is 16.5 Å². The first-order valence-electron chi connectivity index (χ1n) is 4.83. The monoisotopic (exact) mass is 211 g/mol. The van der Waals surface area contributed by atoms with Gasteiger partial charge in [0.25, 0.3) is 0 Å². The standard InChI is InChI=1S/C10H13NO4/c1-6(11-4-7(12)5-11)8-2-3-9(15-8)10(13)14/h2-3,6-7,12H,4-5H2,1H3,(H,13,14). The van der Waals surface area contributed by atoms with Crippen LogP contribution < -0.4 is 0 Å². The highest BCUT2D eigenvalue weighted by Gasteiger charge is 2.30.